The van der Waals surface area contributed by atoms with Crippen molar-refractivity contribution in [1.29, 1.82) is 0 Å². The van der Waals surface area contributed by atoms with E-state index < -0.39 is 21.7 Å². The van der Waals surface area contributed by atoms with Gasteiger partial charge in [-0.1, -0.05) is 20.8 Å². The maximum atomic E-state index is 11.4. The molecule has 0 spiro atoms. The molecule has 0 aliphatic carbocycles. The lowest BCUT2D eigenvalue weighted by Crippen LogP contribution is -2.23. The van der Waals surface area contributed by atoms with Crippen LogP contribution in [-0.4, -0.2) is 31.0 Å². The molecule has 0 saturated heterocycles. The Hall–Kier alpha value is -0.580. The molecule has 0 saturated carbocycles. The Morgan fingerprint density at radius 1 is 1.29 bits per heavy atom. The molecular formula is C9H18O4S. The third-order valence-corrected chi connectivity index (χ3v) is 3.80. The maximum absolute atomic E-state index is 11.4. The Morgan fingerprint density at radius 3 is 2.14 bits per heavy atom. The van der Waals surface area contributed by atoms with Crippen LogP contribution in [-0.2, 0) is 14.6 Å². The smallest absolute Gasteiger partial charge is 0.307 e. The Balaban J connectivity index is 4.15. The summed E-state index contributed by atoms with van der Waals surface area (Å²) in [6.07, 6.45) is 0.592. The molecule has 0 aliphatic heterocycles. The summed E-state index contributed by atoms with van der Waals surface area (Å²) in [6, 6.07) is 0. The Labute approximate surface area is 85.2 Å². The topological polar surface area (TPSA) is 71.4 Å². The van der Waals surface area contributed by atoms with Gasteiger partial charge in [0.05, 0.1) is 17.4 Å². The summed E-state index contributed by atoms with van der Waals surface area (Å²) in [5.41, 5.74) is 0. The van der Waals surface area contributed by atoms with Crippen LogP contribution in [0.15, 0.2) is 0 Å². The average Bonchev–Trinajstić information content (AvgIpc) is 2.00. The average molecular weight is 222 g/mol. The van der Waals surface area contributed by atoms with E-state index in [1.807, 2.05) is 13.8 Å². The van der Waals surface area contributed by atoms with Gasteiger partial charge in [0.25, 0.3) is 0 Å². The second-order valence-electron chi connectivity index (χ2n) is 4.04. The molecule has 0 fully saturated rings. The Bertz CT molecular complexity index is 279. The fourth-order valence-electron chi connectivity index (χ4n) is 0.951. The molecule has 0 aromatic rings. The molecule has 1 atom stereocenters. The number of hydrogen-bond acceptors (Lipinski definition) is 3. The number of rotatable bonds is 6. The van der Waals surface area contributed by atoms with Gasteiger partial charge in [-0.2, -0.15) is 0 Å². The summed E-state index contributed by atoms with van der Waals surface area (Å²) in [6.45, 7) is 5.29. The predicted molar refractivity (Wildman–Crippen MR) is 54.9 cm³/mol. The van der Waals surface area contributed by atoms with Gasteiger partial charge >= 0.3 is 5.97 Å². The van der Waals surface area contributed by atoms with Crippen LogP contribution in [0.2, 0.25) is 0 Å². The van der Waals surface area contributed by atoms with E-state index in [1.165, 1.54) is 6.92 Å². The zero-order chi connectivity index (χ0) is 11.4. The number of carboxylic acids is 1. The first-order chi connectivity index (χ1) is 6.24. The number of carboxylic acid groups (broad SMARTS) is 1. The van der Waals surface area contributed by atoms with Crippen molar-refractivity contribution in [3.05, 3.63) is 0 Å². The van der Waals surface area contributed by atoms with E-state index in [9.17, 15) is 13.2 Å². The van der Waals surface area contributed by atoms with E-state index in [0.717, 1.165) is 0 Å². The number of carbonyl (C=O) groups is 1. The Kier molecular flexibility index (Phi) is 5.12. The molecule has 84 valence electrons. The molecule has 0 heterocycles. The van der Waals surface area contributed by atoms with Crippen LogP contribution in [0.3, 0.4) is 0 Å². The summed E-state index contributed by atoms with van der Waals surface area (Å²) in [5.74, 6) is -1.72. The van der Waals surface area contributed by atoms with Crippen LogP contribution in [0.5, 0.6) is 0 Å². The van der Waals surface area contributed by atoms with Crippen LogP contribution in [0.4, 0.5) is 0 Å². The van der Waals surface area contributed by atoms with Gasteiger partial charge in [0, 0.05) is 0 Å². The summed E-state index contributed by atoms with van der Waals surface area (Å²) >= 11 is 0. The molecule has 0 radical (unpaired) electrons. The highest BCUT2D eigenvalue weighted by Crippen LogP contribution is 2.07. The lowest BCUT2D eigenvalue weighted by molar-refractivity contribution is -0.140. The van der Waals surface area contributed by atoms with Crippen molar-refractivity contribution in [3.63, 3.8) is 0 Å². The van der Waals surface area contributed by atoms with Crippen molar-refractivity contribution in [1.82, 2.24) is 0 Å². The molecule has 0 bridgehead atoms. The summed E-state index contributed by atoms with van der Waals surface area (Å²) in [4.78, 5) is 10.5. The molecule has 0 aromatic heterocycles. The summed E-state index contributed by atoms with van der Waals surface area (Å²) in [5, 5.41) is 8.56. The van der Waals surface area contributed by atoms with Gasteiger partial charge in [-0.3, -0.25) is 4.79 Å². The lowest BCUT2D eigenvalue weighted by atomic mass is 10.2. The maximum Gasteiger partial charge on any atom is 0.307 e. The van der Waals surface area contributed by atoms with Gasteiger partial charge < -0.3 is 5.11 Å². The molecule has 1 N–H and O–H groups in total. The van der Waals surface area contributed by atoms with Gasteiger partial charge in [0.1, 0.15) is 0 Å². The molecule has 0 rings (SSSR count). The fraction of sp³-hybridized carbons (Fsp3) is 0.889. The number of sulfone groups is 1. The molecule has 5 heteroatoms. The lowest BCUT2D eigenvalue weighted by Gasteiger charge is -2.08. The minimum atomic E-state index is -3.20. The normalized spacial score (nSPS) is 14.3. The molecule has 0 amide bonds. The van der Waals surface area contributed by atoms with Crippen LogP contribution in [0.1, 0.15) is 27.2 Å². The largest absolute Gasteiger partial charge is 0.481 e. The highest BCUT2D eigenvalue weighted by Gasteiger charge is 2.20. The van der Waals surface area contributed by atoms with Crippen molar-refractivity contribution in [2.24, 2.45) is 11.8 Å². The van der Waals surface area contributed by atoms with Crippen LogP contribution < -0.4 is 0 Å². The van der Waals surface area contributed by atoms with E-state index in [-0.39, 0.29) is 11.5 Å². The fourth-order valence-corrected chi connectivity index (χ4v) is 2.85. The SMILES string of the molecule is CC(C)CCS(=O)(=O)CC(C)C(=O)O. The zero-order valence-electron chi connectivity index (χ0n) is 8.86. The molecule has 0 aliphatic rings. The minimum Gasteiger partial charge on any atom is -0.481 e. The third-order valence-electron chi connectivity index (χ3n) is 1.93. The standard InChI is InChI=1S/C9H18O4S/c1-7(2)4-5-14(12,13)6-8(3)9(10)11/h7-8H,4-6H2,1-3H3,(H,10,11). The first kappa shape index (κ1) is 13.4. The van der Waals surface area contributed by atoms with Crippen LogP contribution in [0.25, 0.3) is 0 Å². The second-order valence-corrected chi connectivity index (χ2v) is 6.26. The van der Waals surface area contributed by atoms with Crippen molar-refractivity contribution in [3.8, 4) is 0 Å². The second kappa shape index (κ2) is 5.34. The predicted octanol–water partition coefficient (Wildman–Crippen LogP) is 1.17. The van der Waals surface area contributed by atoms with E-state index >= 15 is 0 Å². The van der Waals surface area contributed by atoms with Crippen molar-refractivity contribution >= 4 is 15.8 Å². The van der Waals surface area contributed by atoms with E-state index in [1.54, 1.807) is 0 Å². The van der Waals surface area contributed by atoms with Crippen molar-refractivity contribution in [2.75, 3.05) is 11.5 Å². The van der Waals surface area contributed by atoms with Gasteiger partial charge in [-0.25, -0.2) is 8.42 Å². The third kappa shape index (κ3) is 5.96. The van der Waals surface area contributed by atoms with Crippen molar-refractivity contribution < 1.29 is 18.3 Å². The van der Waals surface area contributed by atoms with Gasteiger partial charge in [0.15, 0.2) is 9.84 Å². The highest BCUT2D eigenvalue weighted by molar-refractivity contribution is 7.91. The highest BCUT2D eigenvalue weighted by atomic mass is 32.2. The molecular weight excluding hydrogens is 204 g/mol. The van der Waals surface area contributed by atoms with Crippen LogP contribution >= 0.6 is 0 Å². The number of hydrogen-bond donors (Lipinski definition) is 1. The van der Waals surface area contributed by atoms with E-state index in [4.69, 9.17) is 5.11 Å². The molecule has 4 nitrogen and oxygen atoms in total. The molecule has 1 unspecified atom stereocenters. The van der Waals surface area contributed by atoms with Gasteiger partial charge in [-0.05, 0) is 12.3 Å². The molecule has 14 heavy (non-hydrogen) atoms. The van der Waals surface area contributed by atoms with E-state index in [0.29, 0.717) is 12.3 Å². The monoisotopic (exact) mass is 222 g/mol. The quantitative estimate of drug-likeness (QED) is 0.732. The van der Waals surface area contributed by atoms with Crippen LogP contribution in [0, 0.1) is 11.8 Å². The first-order valence-electron chi connectivity index (χ1n) is 4.68. The first-order valence-corrected chi connectivity index (χ1v) is 6.50. The van der Waals surface area contributed by atoms with Gasteiger partial charge in [0.2, 0.25) is 0 Å². The van der Waals surface area contributed by atoms with Crippen molar-refractivity contribution in [2.45, 2.75) is 27.2 Å². The molecule has 0 aromatic carbocycles. The number of aliphatic carboxylic acids is 1. The summed E-state index contributed by atoms with van der Waals surface area (Å²) < 4.78 is 22.8. The Morgan fingerprint density at radius 2 is 1.79 bits per heavy atom. The van der Waals surface area contributed by atoms with Gasteiger partial charge in [-0.15, -0.1) is 0 Å². The summed E-state index contributed by atoms with van der Waals surface area (Å²) in [7, 11) is -3.20. The zero-order valence-corrected chi connectivity index (χ0v) is 9.67. The van der Waals surface area contributed by atoms with E-state index in [2.05, 4.69) is 0 Å². The minimum absolute atomic E-state index is 0.0856.